The molecule has 0 radical (unpaired) electrons. The molecule has 1 atom stereocenters. The van der Waals surface area contributed by atoms with E-state index in [-0.39, 0.29) is 11.5 Å². The predicted octanol–water partition coefficient (Wildman–Crippen LogP) is 0.429. The van der Waals surface area contributed by atoms with E-state index in [9.17, 15) is 9.59 Å². The summed E-state index contributed by atoms with van der Waals surface area (Å²) in [5, 5.41) is 8.62. The molecule has 1 N–H and O–H groups in total. The quantitative estimate of drug-likeness (QED) is 0.648. The molecule has 1 rings (SSSR count). The van der Waals surface area contributed by atoms with E-state index in [2.05, 4.69) is 4.99 Å². The van der Waals surface area contributed by atoms with Crippen molar-refractivity contribution in [3.8, 4) is 0 Å². The van der Waals surface area contributed by atoms with Crippen molar-refractivity contribution in [3.63, 3.8) is 0 Å². The number of carboxylic acids is 1. The molecule has 0 aliphatic carbocycles. The molecule has 1 unspecified atom stereocenters. The molecule has 0 amide bonds. The van der Waals surface area contributed by atoms with Crippen LogP contribution < -0.4 is 0 Å². The van der Waals surface area contributed by atoms with Crippen LogP contribution in [0, 0.1) is 0 Å². The van der Waals surface area contributed by atoms with Crippen molar-refractivity contribution in [3.05, 3.63) is 11.6 Å². The smallest absolute Gasteiger partial charge is 0.332 e. The number of aliphatic carboxylic acids is 1. The first kappa shape index (κ1) is 8.64. The predicted molar refractivity (Wildman–Crippen MR) is 43.3 cm³/mol. The molecule has 0 bridgehead atoms. The Balaban J connectivity index is 2.93. The summed E-state index contributed by atoms with van der Waals surface area (Å²) in [5.41, 5.74) is 0.854. The molecule has 1 heterocycles. The van der Waals surface area contributed by atoms with Gasteiger partial charge in [0, 0.05) is 6.92 Å². The van der Waals surface area contributed by atoms with Crippen LogP contribution in [0.2, 0.25) is 0 Å². The van der Waals surface area contributed by atoms with E-state index in [1.807, 2.05) is 0 Å². The molecule has 0 saturated carbocycles. The topological polar surface area (TPSA) is 66.7 Å². The van der Waals surface area contributed by atoms with Crippen LogP contribution in [0.15, 0.2) is 16.6 Å². The molecule has 1 aliphatic heterocycles. The molecule has 64 valence electrons. The summed E-state index contributed by atoms with van der Waals surface area (Å²) < 4.78 is 0. The van der Waals surface area contributed by atoms with Crippen LogP contribution in [0.25, 0.3) is 0 Å². The van der Waals surface area contributed by atoms with Gasteiger partial charge in [0.1, 0.15) is 5.71 Å². The maximum atomic E-state index is 10.8. The van der Waals surface area contributed by atoms with Crippen LogP contribution in [-0.2, 0) is 9.59 Å². The van der Waals surface area contributed by atoms with Crippen LogP contribution >= 0.6 is 0 Å². The highest BCUT2D eigenvalue weighted by atomic mass is 16.4. The van der Waals surface area contributed by atoms with Gasteiger partial charge in [0.2, 0.25) is 0 Å². The Labute approximate surface area is 69.6 Å². The summed E-state index contributed by atoms with van der Waals surface area (Å²) in [6.07, 6.45) is 1.52. The number of ketones is 1. The fourth-order valence-electron chi connectivity index (χ4n) is 1.02. The number of nitrogens with zero attached hydrogens (tertiary/aromatic N) is 1. The average Bonchev–Trinajstić information content (AvgIpc) is 2.30. The molecule has 4 heteroatoms. The zero-order valence-corrected chi connectivity index (χ0v) is 6.87. The van der Waals surface area contributed by atoms with E-state index in [1.54, 1.807) is 6.92 Å². The minimum Gasteiger partial charge on any atom is -0.479 e. The summed E-state index contributed by atoms with van der Waals surface area (Å²) in [5.74, 6) is -1.21. The van der Waals surface area contributed by atoms with Crippen molar-refractivity contribution >= 4 is 17.5 Å². The van der Waals surface area contributed by atoms with Crippen LogP contribution in [0.4, 0.5) is 0 Å². The minimum atomic E-state index is -1.01. The lowest BCUT2D eigenvalue weighted by Crippen LogP contribution is -2.17. The number of Topliss-reactive ketones (excluding diaryl/α,β-unsaturated/α-hetero) is 1. The first-order valence-corrected chi connectivity index (χ1v) is 3.52. The Kier molecular flexibility index (Phi) is 2.08. The van der Waals surface area contributed by atoms with Gasteiger partial charge in [-0.05, 0) is 18.6 Å². The number of allylic oxidation sites excluding steroid dienone is 1. The lowest BCUT2D eigenvalue weighted by Gasteiger charge is -1.99. The third-order valence-electron chi connectivity index (χ3n) is 1.66. The van der Waals surface area contributed by atoms with Gasteiger partial charge < -0.3 is 5.11 Å². The highest BCUT2D eigenvalue weighted by molar-refractivity contribution is 6.44. The number of hydrogen-bond donors (Lipinski definition) is 1. The number of aliphatic imine (C=N–C) groups is 1. The zero-order chi connectivity index (χ0) is 9.30. The van der Waals surface area contributed by atoms with Gasteiger partial charge in [0.05, 0.1) is 0 Å². The molecule has 0 saturated heterocycles. The summed E-state index contributed by atoms with van der Waals surface area (Å²) >= 11 is 0. The van der Waals surface area contributed by atoms with Gasteiger partial charge in [-0.25, -0.2) is 4.79 Å². The molecule has 0 aromatic carbocycles. The summed E-state index contributed by atoms with van der Waals surface area (Å²) in [4.78, 5) is 25.1. The lowest BCUT2D eigenvalue weighted by atomic mass is 10.1. The van der Waals surface area contributed by atoms with Gasteiger partial charge in [-0.1, -0.05) is 0 Å². The highest BCUT2D eigenvalue weighted by Crippen LogP contribution is 2.14. The standard InChI is InChI=1S/C8H9NO3/c1-4-3-6(5(2)10)9-7(4)8(11)12/h3,7H,1-2H3,(H,11,12). The van der Waals surface area contributed by atoms with E-state index in [0.29, 0.717) is 5.57 Å². The normalized spacial score (nSPS) is 21.7. The second-order valence-electron chi connectivity index (χ2n) is 2.70. The summed E-state index contributed by atoms with van der Waals surface area (Å²) in [7, 11) is 0. The molecule has 1 aliphatic rings. The maximum Gasteiger partial charge on any atom is 0.332 e. The molecule has 12 heavy (non-hydrogen) atoms. The minimum absolute atomic E-state index is 0.196. The highest BCUT2D eigenvalue weighted by Gasteiger charge is 2.25. The van der Waals surface area contributed by atoms with Gasteiger partial charge in [-0.15, -0.1) is 0 Å². The fourth-order valence-corrected chi connectivity index (χ4v) is 1.02. The molecule has 0 aromatic rings. The largest absolute Gasteiger partial charge is 0.479 e. The number of hydrogen-bond acceptors (Lipinski definition) is 3. The van der Waals surface area contributed by atoms with Crippen molar-refractivity contribution in [2.75, 3.05) is 0 Å². The van der Waals surface area contributed by atoms with E-state index in [4.69, 9.17) is 5.11 Å². The molecular formula is C8H9NO3. The monoisotopic (exact) mass is 167 g/mol. The Hall–Kier alpha value is -1.45. The molecule has 4 nitrogen and oxygen atoms in total. The fraction of sp³-hybridized carbons (Fsp3) is 0.375. The van der Waals surface area contributed by atoms with Gasteiger partial charge in [0.15, 0.2) is 11.8 Å². The maximum absolute atomic E-state index is 10.8. The van der Waals surface area contributed by atoms with E-state index in [1.165, 1.54) is 13.0 Å². The van der Waals surface area contributed by atoms with Crippen molar-refractivity contribution in [2.45, 2.75) is 19.9 Å². The summed E-state index contributed by atoms with van der Waals surface area (Å²) in [6, 6.07) is -0.858. The third-order valence-corrected chi connectivity index (χ3v) is 1.66. The van der Waals surface area contributed by atoms with Gasteiger partial charge >= 0.3 is 5.97 Å². The molecular weight excluding hydrogens is 158 g/mol. The molecule has 0 spiro atoms. The number of carboxylic acid groups (broad SMARTS) is 1. The van der Waals surface area contributed by atoms with E-state index < -0.39 is 12.0 Å². The second kappa shape index (κ2) is 2.89. The average molecular weight is 167 g/mol. The number of carbonyl (C=O) groups excluding carboxylic acids is 1. The first-order chi connectivity index (χ1) is 5.52. The molecule has 0 aromatic heterocycles. The summed E-state index contributed by atoms with van der Waals surface area (Å²) in [6.45, 7) is 3.02. The van der Waals surface area contributed by atoms with Gasteiger partial charge in [-0.2, -0.15) is 0 Å². The Morgan fingerprint density at radius 1 is 1.58 bits per heavy atom. The van der Waals surface area contributed by atoms with Gasteiger partial charge in [0.25, 0.3) is 0 Å². The Morgan fingerprint density at radius 2 is 2.17 bits per heavy atom. The van der Waals surface area contributed by atoms with E-state index >= 15 is 0 Å². The van der Waals surface area contributed by atoms with Crippen LogP contribution in [0.3, 0.4) is 0 Å². The number of rotatable bonds is 2. The second-order valence-corrected chi connectivity index (χ2v) is 2.70. The lowest BCUT2D eigenvalue weighted by molar-refractivity contribution is -0.137. The first-order valence-electron chi connectivity index (χ1n) is 3.52. The van der Waals surface area contributed by atoms with Crippen molar-refractivity contribution < 1.29 is 14.7 Å². The van der Waals surface area contributed by atoms with Crippen molar-refractivity contribution in [1.29, 1.82) is 0 Å². The third kappa shape index (κ3) is 1.42. The Morgan fingerprint density at radius 3 is 2.42 bits per heavy atom. The zero-order valence-electron chi connectivity index (χ0n) is 6.87. The van der Waals surface area contributed by atoms with Crippen LogP contribution in [0.1, 0.15) is 13.8 Å². The number of carbonyl (C=O) groups is 2. The van der Waals surface area contributed by atoms with Gasteiger partial charge in [-0.3, -0.25) is 9.79 Å². The Bertz CT molecular complexity index is 301. The van der Waals surface area contributed by atoms with E-state index in [0.717, 1.165) is 0 Å². The SMILES string of the molecule is CC(=O)C1=NC(C(=O)O)C(C)=C1. The van der Waals surface area contributed by atoms with Crippen molar-refractivity contribution in [2.24, 2.45) is 4.99 Å². The van der Waals surface area contributed by atoms with Crippen LogP contribution in [0.5, 0.6) is 0 Å². The van der Waals surface area contributed by atoms with Crippen molar-refractivity contribution in [1.82, 2.24) is 0 Å². The molecule has 0 fully saturated rings. The van der Waals surface area contributed by atoms with Crippen LogP contribution in [-0.4, -0.2) is 28.6 Å².